The SMILES string of the molecule is CC(C)(Cn1c(=O)nc(Nc2ccc(Oc3cccc(Cl)n3)cc2)n(Cc2ccc(Cl)cc2)c1=O)C(=O)O. The van der Waals surface area contributed by atoms with Gasteiger partial charge in [-0.05, 0) is 61.9 Å². The molecule has 196 valence electrons. The number of hydrogen-bond acceptors (Lipinski definition) is 7. The highest BCUT2D eigenvalue weighted by Crippen LogP contribution is 2.24. The summed E-state index contributed by atoms with van der Waals surface area (Å²) in [6, 6.07) is 18.6. The number of aromatic nitrogens is 4. The summed E-state index contributed by atoms with van der Waals surface area (Å²) in [5.74, 6) is -0.345. The molecule has 0 aliphatic rings. The van der Waals surface area contributed by atoms with Crippen LogP contribution in [0.1, 0.15) is 19.4 Å². The van der Waals surface area contributed by atoms with E-state index >= 15 is 0 Å². The topological polar surface area (TPSA) is 128 Å². The van der Waals surface area contributed by atoms with Crippen LogP contribution < -0.4 is 21.4 Å². The molecule has 4 rings (SSSR count). The van der Waals surface area contributed by atoms with Gasteiger partial charge in [0.05, 0.1) is 12.0 Å². The number of halogens is 2. The van der Waals surface area contributed by atoms with Crippen LogP contribution in [-0.2, 0) is 17.9 Å². The summed E-state index contributed by atoms with van der Waals surface area (Å²) >= 11 is 11.9. The highest BCUT2D eigenvalue weighted by Gasteiger charge is 2.30. The van der Waals surface area contributed by atoms with Crippen molar-refractivity contribution in [2.75, 3.05) is 5.32 Å². The predicted molar refractivity (Wildman–Crippen MR) is 144 cm³/mol. The summed E-state index contributed by atoms with van der Waals surface area (Å²) < 4.78 is 7.78. The normalized spacial score (nSPS) is 11.3. The van der Waals surface area contributed by atoms with Crippen molar-refractivity contribution >= 4 is 40.8 Å². The van der Waals surface area contributed by atoms with Gasteiger partial charge in [-0.2, -0.15) is 4.98 Å². The van der Waals surface area contributed by atoms with Crippen molar-refractivity contribution in [3.63, 3.8) is 0 Å². The molecule has 0 aliphatic carbocycles. The first kappa shape index (κ1) is 26.9. The number of carboxylic acids is 1. The third-order valence-electron chi connectivity index (χ3n) is 5.56. The van der Waals surface area contributed by atoms with E-state index < -0.39 is 22.8 Å². The van der Waals surface area contributed by atoms with Gasteiger partial charge in [0, 0.05) is 23.3 Å². The average molecular weight is 556 g/mol. The van der Waals surface area contributed by atoms with Crippen LogP contribution >= 0.6 is 23.2 Å². The van der Waals surface area contributed by atoms with Crippen LogP contribution in [0.3, 0.4) is 0 Å². The Labute approximate surface area is 227 Å². The molecule has 0 amide bonds. The molecule has 0 aliphatic heterocycles. The van der Waals surface area contributed by atoms with E-state index in [1.165, 1.54) is 18.4 Å². The van der Waals surface area contributed by atoms with Gasteiger partial charge in [-0.1, -0.05) is 41.4 Å². The first-order chi connectivity index (χ1) is 18.0. The molecule has 10 nitrogen and oxygen atoms in total. The zero-order chi connectivity index (χ0) is 27.4. The number of ether oxygens (including phenoxy) is 1. The molecule has 2 N–H and O–H groups in total. The van der Waals surface area contributed by atoms with Crippen LogP contribution in [0.5, 0.6) is 11.6 Å². The molecule has 0 saturated heterocycles. The average Bonchev–Trinajstić information content (AvgIpc) is 2.86. The quantitative estimate of drug-likeness (QED) is 0.282. The fraction of sp³-hybridized carbons (Fsp3) is 0.192. The Kier molecular flexibility index (Phi) is 7.84. The molecule has 0 bridgehead atoms. The molecule has 0 radical (unpaired) electrons. The fourth-order valence-corrected chi connectivity index (χ4v) is 3.72. The lowest BCUT2D eigenvalue weighted by atomic mass is 9.94. The highest BCUT2D eigenvalue weighted by molar-refractivity contribution is 6.30. The van der Waals surface area contributed by atoms with Crippen molar-refractivity contribution in [3.05, 3.63) is 103 Å². The number of nitrogens with zero attached hydrogens (tertiary/aromatic N) is 4. The van der Waals surface area contributed by atoms with E-state index in [4.69, 9.17) is 27.9 Å². The Bertz CT molecular complexity index is 1580. The standard InChI is InChI=1S/C26H23Cl2N5O5/c1-26(2,22(34)35)15-33-24(36)31-23(32(25(33)37)14-16-6-8-17(27)9-7-16)29-18-10-12-19(13-11-18)38-21-5-3-4-20(28)30-21/h3-13H,14-15H2,1-2H3,(H,34,35)(H,29,31,36). The second-order valence-electron chi connectivity index (χ2n) is 9.04. The zero-order valence-corrected chi connectivity index (χ0v) is 21.9. The summed E-state index contributed by atoms with van der Waals surface area (Å²) in [7, 11) is 0. The molecule has 0 spiro atoms. The van der Waals surface area contributed by atoms with Crippen LogP contribution in [0.2, 0.25) is 10.2 Å². The van der Waals surface area contributed by atoms with Gasteiger partial charge in [0.2, 0.25) is 11.8 Å². The smallest absolute Gasteiger partial charge is 0.354 e. The number of carbonyl (C=O) groups is 1. The number of hydrogen-bond donors (Lipinski definition) is 2. The number of aliphatic carboxylic acids is 1. The Balaban J connectivity index is 1.68. The zero-order valence-electron chi connectivity index (χ0n) is 20.4. The molecule has 2 aromatic heterocycles. The van der Waals surface area contributed by atoms with E-state index in [0.29, 0.717) is 27.5 Å². The van der Waals surface area contributed by atoms with E-state index in [1.807, 2.05) is 0 Å². The van der Waals surface area contributed by atoms with Crippen LogP contribution in [0.25, 0.3) is 0 Å². The van der Waals surface area contributed by atoms with Crippen molar-refractivity contribution in [1.29, 1.82) is 0 Å². The van der Waals surface area contributed by atoms with Crippen LogP contribution in [0.15, 0.2) is 76.3 Å². The Morgan fingerprint density at radius 3 is 2.29 bits per heavy atom. The largest absolute Gasteiger partial charge is 0.481 e. The van der Waals surface area contributed by atoms with Gasteiger partial charge in [0.25, 0.3) is 0 Å². The minimum absolute atomic E-state index is 0.00972. The van der Waals surface area contributed by atoms with Crippen molar-refractivity contribution < 1.29 is 14.6 Å². The maximum absolute atomic E-state index is 13.4. The van der Waals surface area contributed by atoms with Gasteiger partial charge < -0.3 is 15.2 Å². The van der Waals surface area contributed by atoms with E-state index in [1.54, 1.807) is 66.7 Å². The molecular weight excluding hydrogens is 533 g/mol. The predicted octanol–water partition coefficient (Wildman–Crippen LogP) is 4.80. The third kappa shape index (κ3) is 6.39. The van der Waals surface area contributed by atoms with Gasteiger partial charge in [-0.15, -0.1) is 0 Å². The molecule has 4 aromatic rings. The van der Waals surface area contributed by atoms with Crippen LogP contribution in [-0.4, -0.2) is 30.2 Å². The molecule has 0 saturated carbocycles. The van der Waals surface area contributed by atoms with E-state index in [9.17, 15) is 19.5 Å². The summed E-state index contributed by atoms with van der Waals surface area (Å²) in [4.78, 5) is 46.1. The number of carboxylic acid groups (broad SMARTS) is 1. The van der Waals surface area contributed by atoms with Gasteiger partial charge >= 0.3 is 17.3 Å². The number of nitrogens with one attached hydrogen (secondary N) is 1. The third-order valence-corrected chi connectivity index (χ3v) is 6.02. The lowest BCUT2D eigenvalue weighted by molar-refractivity contribution is -0.147. The lowest BCUT2D eigenvalue weighted by Gasteiger charge is -2.21. The van der Waals surface area contributed by atoms with Gasteiger partial charge in [0.15, 0.2) is 0 Å². The Morgan fingerprint density at radius 1 is 0.974 bits per heavy atom. The maximum atomic E-state index is 13.4. The summed E-state index contributed by atoms with van der Waals surface area (Å²) in [5.41, 5.74) is -1.70. The second kappa shape index (κ2) is 11.1. The molecule has 2 aromatic carbocycles. The summed E-state index contributed by atoms with van der Waals surface area (Å²) in [5, 5.41) is 13.3. The van der Waals surface area contributed by atoms with Crippen molar-refractivity contribution in [1.82, 2.24) is 19.1 Å². The van der Waals surface area contributed by atoms with E-state index in [0.717, 1.165) is 10.1 Å². The molecule has 0 unspecified atom stereocenters. The second-order valence-corrected chi connectivity index (χ2v) is 9.86. The van der Waals surface area contributed by atoms with Crippen LogP contribution in [0.4, 0.5) is 11.6 Å². The minimum Gasteiger partial charge on any atom is -0.481 e. The van der Waals surface area contributed by atoms with Gasteiger partial charge in [-0.25, -0.2) is 19.1 Å². The fourth-order valence-electron chi connectivity index (χ4n) is 3.44. The monoisotopic (exact) mass is 555 g/mol. The Hall–Kier alpha value is -4.15. The maximum Gasteiger partial charge on any atom is 0.354 e. The molecule has 2 heterocycles. The number of rotatable bonds is 9. The molecule has 38 heavy (non-hydrogen) atoms. The Morgan fingerprint density at radius 2 is 1.66 bits per heavy atom. The first-order valence-electron chi connectivity index (χ1n) is 11.4. The number of pyridine rings is 1. The molecule has 0 fully saturated rings. The van der Waals surface area contributed by atoms with Gasteiger partial charge in [0.1, 0.15) is 10.9 Å². The summed E-state index contributed by atoms with van der Waals surface area (Å²) in [6.07, 6.45) is 0. The van der Waals surface area contributed by atoms with Crippen molar-refractivity contribution in [2.24, 2.45) is 5.41 Å². The lowest BCUT2D eigenvalue weighted by Crippen LogP contribution is -2.46. The molecular formula is C26H23Cl2N5O5. The summed E-state index contributed by atoms with van der Waals surface area (Å²) in [6.45, 7) is 2.57. The highest BCUT2D eigenvalue weighted by atomic mass is 35.5. The van der Waals surface area contributed by atoms with Gasteiger partial charge in [-0.3, -0.25) is 9.36 Å². The van der Waals surface area contributed by atoms with Crippen molar-refractivity contribution in [3.8, 4) is 11.6 Å². The number of anilines is 2. The van der Waals surface area contributed by atoms with E-state index in [-0.39, 0.29) is 19.0 Å². The minimum atomic E-state index is -1.37. The first-order valence-corrected chi connectivity index (χ1v) is 12.1. The molecule has 0 atom stereocenters. The van der Waals surface area contributed by atoms with Crippen molar-refractivity contribution in [2.45, 2.75) is 26.9 Å². The van der Waals surface area contributed by atoms with Crippen LogP contribution in [0, 0.1) is 5.41 Å². The molecule has 12 heteroatoms. The van der Waals surface area contributed by atoms with E-state index in [2.05, 4.69) is 15.3 Å². The number of benzene rings is 2.